The molecule has 0 aliphatic heterocycles. The number of hydrogen-bond acceptors (Lipinski definition) is 5. The molecule has 29 heavy (non-hydrogen) atoms. The van der Waals surface area contributed by atoms with Crippen molar-refractivity contribution in [3.63, 3.8) is 0 Å². The van der Waals surface area contributed by atoms with Gasteiger partial charge in [-0.05, 0) is 35.9 Å². The summed E-state index contributed by atoms with van der Waals surface area (Å²) in [5.74, 6) is 0.978. The number of nitrogens with zero attached hydrogens (tertiary/aromatic N) is 2. The van der Waals surface area contributed by atoms with E-state index >= 15 is 0 Å². The molecule has 150 valence electrons. The Morgan fingerprint density at radius 2 is 1.90 bits per heavy atom. The Morgan fingerprint density at radius 3 is 2.62 bits per heavy atom. The van der Waals surface area contributed by atoms with Crippen molar-refractivity contribution in [3.05, 3.63) is 76.3 Å². The number of para-hydroxylation sites is 1. The molecule has 0 unspecified atom stereocenters. The van der Waals surface area contributed by atoms with Crippen LogP contribution in [-0.4, -0.2) is 48.1 Å². The smallest absolute Gasteiger partial charge is 0.258 e. The van der Waals surface area contributed by atoms with Gasteiger partial charge in [-0.3, -0.25) is 9.59 Å². The van der Waals surface area contributed by atoms with Gasteiger partial charge in [-0.15, -0.1) is 0 Å². The van der Waals surface area contributed by atoms with Gasteiger partial charge in [0.25, 0.3) is 5.56 Å². The molecule has 3 rings (SSSR count). The Labute approximate surface area is 168 Å². The highest BCUT2D eigenvalue weighted by Crippen LogP contribution is 2.13. The molecule has 1 amide bonds. The summed E-state index contributed by atoms with van der Waals surface area (Å²) >= 11 is 0. The first-order valence-electron chi connectivity index (χ1n) is 9.18. The molecule has 0 saturated carbocycles. The number of ether oxygens (including phenoxy) is 2. The summed E-state index contributed by atoms with van der Waals surface area (Å²) in [7, 11) is 3.18. The van der Waals surface area contributed by atoms with E-state index in [2.05, 4.69) is 9.97 Å². The zero-order valence-electron chi connectivity index (χ0n) is 16.4. The standard InChI is InChI=1S/C22H23N3O4/c1-28-14-13-25(21(26)12-9-16-7-10-17(29-2)11-8-16)15-20-23-19-6-4-3-5-18(19)22(27)24-20/h3-12H,13-15H2,1-2H3,(H,23,24,27)/b12-9+. The third-order valence-corrected chi connectivity index (χ3v) is 4.41. The first-order chi connectivity index (χ1) is 14.1. The first kappa shape index (κ1) is 20.3. The van der Waals surface area contributed by atoms with Gasteiger partial charge in [-0.25, -0.2) is 4.98 Å². The number of benzene rings is 2. The predicted molar refractivity (Wildman–Crippen MR) is 112 cm³/mol. The molecule has 2 aromatic carbocycles. The zero-order valence-corrected chi connectivity index (χ0v) is 16.4. The molecule has 1 heterocycles. The molecular weight excluding hydrogens is 370 g/mol. The molecule has 3 aromatic rings. The van der Waals surface area contributed by atoms with E-state index in [1.54, 1.807) is 43.4 Å². The number of nitrogens with one attached hydrogen (secondary N) is 1. The minimum absolute atomic E-state index is 0.176. The van der Waals surface area contributed by atoms with Gasteiger partial charge in [0, 0.05) is 19.7 Å². The maximum Gasteiger partial charge on any atom is 0.258 e. The Kier molecular flexibility index (Phi) is 6.76. The third-order valence-electron chi connectivity index (χ3n) is 4.41. The largest absolute Gasteiger partial charge is 0.497 e. The number of carbonyl (C=O) groups excluding carboxylic acids is 1. The Bertz CT molecular complexity index is 1060. The number of hydrogen-bond donors (Lipinski definition) is 1. The molecule has 0 aliphatic rings. The summed E-state index contributed by atoms with van der Waals surface area (Å²) in [6.45, 7) is 0.925. The molecule has 0 spiro atoms. The van der Waals surface area contributed by atoms with Gasteiger partial charge in [0.2, 0.25) is 5.91 Å². The Morgan fingerprint density at radius 1 is 1.14 bits per heavy atom. The molecular formula is C22H23N3O4. The number of aromatic amines is 1. The van der Waals surface area contributed by atoms with E-state index in [1.807, 2.05) is 30.3 Å². The van der Waals surface area contributed by atoms with E-state index in [0.29, 0.717) is 29.9 Å². The van der Waals surface area contributed by atoms with Gasteiger partial charge in [-0.2, -0.15) is 0 Å². The average molecular weight is 393 g/mol. The van der Waals surface area contributed by atoms with Crippen molar-refractivity contribution in [1.82, 2.24) is 14.9 Å². The van der Waals surface area contributed by atoms with Crippen LogP contribution in [0.15, 0.2) is 59.4 Å². The van der Waals surface area contributed by atoms with E-state index in [9.17, 15) is 9.59 Å². The summed E-state index contributed by atoms with van der Waals surface area (Å²) < 4.78 is 10.3. The van der Waals surface area contributed by atoms with Crippen molar-refractivity contribution in [2.75, 3.05) is 27.4 Å². The fourth-order valence-corrected chi connectivity index (χ4v) is 2.85. The lowest BCUT2D eigenvalue weighted by Gasteiger charge is -2.20. The zero-order chi connectivity index (χ0) is 20.6. The van der Waals surface area contributed by atoms with E-state index < -0.39 is 0 Å². The van der Waals surface area contributed by atoms with E-state index in [1.165, 1.54) is 6.08 Å². The minimum atomic E-state index is -0.224. The van der Waals surface area contributed by atoms with Gasteiger partial charge >= 0.3 is 0 Å². The third kappa shape index (κ3) is 5.30. The summed E-state index contributed by atoms with van der Waals surface area (Å²) in [5.41, 5.74) is 1.25. The first-order valence-corrected chi connectivity index (χ1v) is 9.18. The highest BCUT2D eigenvalue weighted by molar-refractivity contribution is 5.91. The highest BCUT2D eigenvalue weighted by Gasteiger charge is 2.14. The molecule has 7 heteroatoms. The van der Waals surface area contributed by atoms with Crippen LogP contribution >= 0.6 is 0 Å². The monoisotopic (exact) mass is 393 g/mol. The maximum atomic E-state index is 12.7. The molecule has 0 atom stereocenters. The van der Waals surface area contributed by atoms with Gasteiger partial charge in [-0.1, -0.05) is 24.3 Å². The lowest BCUT2D eigenvalue weighted by Crippen LogP contribution is -2.33. The normalized spacial score (nSPS) is 11.1. The maximum absolute atomic E-state index is 12.7. The van der Waals surface area contributed by atoms with Crippen LogP contribution in [0.5, 0.6) is 5.75 Å². The van der Waals surface area contributed by atoms with Crippen molar-refractivity contribution < 1.29 is 14.3 Å². The van der Waals surface area contributed by atoms with Crippen LogP contribution in [0.4, 0.5) is 0 Å². The van der Waals surface area contributed by atoms with Crippen molar-refractivity contribution in [2.24, 2.45) is 0 Å². The van der Waals surface area contributed by atoms with Gasteiger partial charge < -0.3 is 19.4 Å². The molecule has 0 radical (unpaired) electrons. The van der Waals surface area contributed by atoms with Crippen LogP contribution in [0.25, 0.3) is 17.0 Å². The molecule has 0 aliphatic carbocycles. The lowest BCUT2D eigenvalue weighted by atomic mass is 10.2. The van der Waals surface area contributed by atoms with E-state index in [4.69, 9.17) is 9.47 Å². The second kappa shape index (κ2) is 9.66. The lowest BCUT2D eigenvalue weighted by molar-refractivity contribution is -0.127. The molecule has 0 bridgehead atoms. The van der Waals surface area contributed by atoms with Gasteiger partial charge in [0.15, 0.2) is 0 Å². The number of amides is 1. The second-order valence-corrected chi connectivity index (χ2v) is 6.39. The Hall–Kier alpha value is -3.45. The van der Waals surface area contributed by atoms with Crippen molar-refractivity contribution in [3.8, 4) is 5.75 Å². The van der Waals surface area contributed by atoms with Crippen LogP contribution in [0.2, 0.25) is 0 Å². The predicted octanol–water partition coefficient (Wildman–Crippen LogP) is 2.62. The van der Waals surface area contributed by atoms with Crippen LogP contribution in [0.1, 0.15) is 11.4 Å². The number of aromatic nitrogens is 2. The highest BCUT2D eigenvalue weighted by atomic mass is 16.5. The van der Waals surface area contributed by atoms with Crippen LogP contribution in [-0.2, 0) is 16.1 Å². The van der Waals surface area contributed by atoms with Crippen LogP contribution < -0.4 is 10.3 Å². The van der Waals surface area contributed by atoms with Crippen molar-refractivity contribution in [1.29, 1.82) is 0 Å². The minimum Gasteiger partial charge on any atom is -0.497 e. The fourth-order valence-electron chi connectivity index (χ4n) is 2.85. The summed E-state index contributed by atoms with van der Waals surface area (Å²) in [4.78, 5) is 33.8. The van der Waals surface area contributed by atoms with E-state index in [-0.39, 0.29) is 18.0 Å². The number of methoxy groups -OCH3 is 2. The van der Waals surface area contributed by atoms with E-state index in [0.717, 1.165) is 11.3 Å². The van der Waals surface area contributed by atoms with Crippen molar-refractivity contribution in [2.45, 2.75) is 6.54 Å². The quantitative estimate of drug-likeness (QED) is 0.595. The number of H-pyrrole nitrogens is 1. The molecule has 7 nitrogen and oxygen atoms in total. The van der Waals surface area contributed by atoms with Gasteiger partial charge in [0.05, 0.1) is 31.2 Å². The van der Waals surface area contributed by atoms with Crippen LogP contribution in [0.3, 0.4) is 0 Å². The topological polar surface area (TPSA) is 84.5 Å². The SMILES string of the molecule is COCCN(Cc1nc2ccccc2c(=O)[nH]1)C(=O)/C=C/c1ccc(OC)cc1. The fraction of sp³-hybridized carbons (Fsp3) is 0.227. The second-order valence-electron chi connectivity index (χ2n) is 6.39. The molecule has 0 saturated heterocycles. The Balaban J connectivity index is 1.78. The number of carbonyl (C=O) groups is 1. The molecule has 0 fully saturated rings. The molecule has 1 aromatic heterocycles. The van der Waals surface area contributed by atoms with Crippen molar-refractivity contribution >= 4 is 22.9 Å². The number of rotatable bonds is 8. The summed E-state index contributed by atoms with van der Waals surface area (Å²) in [6, 6.07) is 14.5. The van der Waals surface area contributed by atoms with Gasteiger partial charge in [0.1, 0.15) is 11.6 Å². The number of fused-ring (bicyclic) bond motifs is 1. The average Bonchev–Trinajstić information content (AvgIpc) is 2.75. The van der Waals surface area contributed by atoms with Crippen LogP contribution in [0, 0.1) is 0 Å². The molecule has 1 N–H and O–H groups in total. The summed E-state index contributed by atoms with van der Waals surface area (Å²) in [5, 5.41) is 0.519. The summed E-state index contributed by atoms with van der Waals surface area (Å²) in [6.07, 6.45) is 3.23.